The molecule has 0 saturated carbocycles. The van der Waals surface area contributed by atoms with Gasteiger partial charge in [-0.05, 0) is 66.8 Å². The molecule has 1 atom stereocenters. The summed E-state index contributed by atoms with van der Waals surface area (Å²) in [6.45, 7) is 1.92. The summed E-state index contributed by atoms with van der Waals surface area (Å²) in [6.07, 6.45) is 1.91. The Balaban J connectivity index is 1.76. The highest BCUT2D eigenvalue weighted by Crippen LogP contribution is 2.28. The molecular weight excluding hydrogens is 286 g/mol. The molecule has 0 spiro atoms. The first-order valence-electron chi connectivity index (χ1n) is 6.91. The molecule has 0 radical (unpaired) electrons. The average Bonchev–Trinajstić information content (AvgIpc) is 2.82. The smallest absolute Gasteiger partial charge is 0.335 e. The molecule has 0 saturated heterocycles. The van der Waals surface area contributed by atoms with Gasteiger partial charge in [-0.25, -0.2) is 4.79 Å². The minimum atomic E-state index is -0.896. The Morgan fingerprint density at radius 2 is 1.95 bits per heavy atom. The van der Waals surface area contributed by atoms with Crippen LogP contribution >= 0.6 is 11.6 Å². The van der Waals surface area contributed by atoms with Gasteiger partial charge in [0.2, 0.25) is 0 Å². The van der Waals surface area contributed by atoms with Crippen molar-refractivity contribution in [3.63, 3.8) is 0 Å². The van der Waals surface area contributed by atoms with Crippen LogP contribution in [0.25, 0.3) is 0 Å². The molecule has 1 aliphatic carbocycles. The number of rotatable bonds is 3. The summed E-state index contributed by atoms with van der Waals surface area (Å²) >= 11 is 6.03. The van der Waals surface area contributed by atoms with E-state index < -0.39 is 5.97 Å². The van der Waals surface area contributed by atoms with Crippen molar-refractivity contribution in [1.29, 1.82) is 0 Å². The van der Waals surface area contributed by atoms with Gasteiger partial charge in [0.1, 0.15) is 0 Å². The van der Waals surface area contributed by atoms with Crippen LogP contribution in [0.2, 0.25) is 5.02 Å². The van der Waals surface area contributed by atoms with E-state index >= 15 is 0 Å². The molecule has 3 nitrogen and oxygen atoms in total. The lowest BCUT2D eigenvalue weighted by Gasteiger charge is -2.16. The lowest BCUT2D eigenvalue weighted by Crippen LogP contribution is -2.20. The summed E-state index contributed by atoms with van der Waals surface area (Å²) in [7, 11) is 0. The molecule has 108 valence electrons. The first-order valence-corrected chi connectivity index (χ1v) is 7.28. The standard InChI is InChI=1S/C17H16ClNO2/c1-10-6-12(17(20)21)3-5-16(10)19-15-8-11-2-4-14(18)7-13(11)9-15/h2-7,15,19H,8-9H2,1H3,(H,20,21). The summed E-state index contributed by atoms with van der Waals surface area (Å²) < 4.78 is 0. The van der Waals surface area contributed by atoms with Gasteiger partial charge in [-0.15, -0.1) is 0 Å². The molecule has 0 fully saturated rings. The molecular formula is C17H16ClNO2. The Morgan fingerprint density at radius 3 is 2.67 bits per heavy atom. The number of carboxylic acids is 1. The Morgan fingerprint density at radius 1 is 1.19 bits per heavy atom. The number of benzene rings is 2. The van der Waals surface area contributed by atoms with Crippen molar-refractivity contribution in [1.82, 2.24) is 0 Å². The third kappa shape index (κ3) is 2.88. The minimum absolute atomic E-state index is 0.319. The molecule has 1 unspecified atom stereocenters. The number of fused-ring (bicyclic) bond motifs is 1. The Hall–Kier alpha value is -2.00. The van der Waals surface area contributed by atoms with Gasteiger partial charge < -0.3 is 10.4 Å². The van der Waals surface area contributed by atoms with E-state index in [-0.39, 0.29) is 0 Å². The normalized spacial score (nSPS) is 16.6. The van der Waals surface area contributed by atoms with E-state index in [2.05, 4.69) is 11.4 Å². The lowest BCUT2D eigenvalue weighted by atomic mass is 10.1. The van der Waals surface area contributed by atoms with E-state index in [1.54, 1.807) is 12.1 Å². The lowest BCUT2D eigenvalue weighted by molar-refractivity contribution is 0.0697. The van der Waals surface area contributed by atoms with E-state index in [0.29, 0.717) is 11.6 Å². The maximum Gasteiger partial charge on any atom is 0.335 e. The number of hydrogen-bond acceptors (Lipinski definition) is 2. The first kappa shape index (κ1) is 14.0. The van der Waals surface area contributed by atoms with E-state index in [0.717, 1.165) is 29.1 Å². The minimum Gasteiger partial charge on any atom is -0.478 e. The molecule has 1 aliphatic rings. The fourth-order valence-corrected chi connectivity index (χ4v) is 3.06. The van der Waals surface area contributed by atoms with Crippen LogP contribution < -0.4 is 5.32 Å². The maximum atomic E-state index is 11.0. The van der Waals surface area contributed by atoms with Crippen molar-refractivity contribution in [2.75, 3.05) is 5.32 Å². The molecule has 21 heavy (non-hydrogen) atoms. The molecule has 0 bridgehead atoms. The van der Waals surface area contributed by atoms with Crippen molar-refractivity contribution in [2.24, 2.45) is 0 Å². The molecule has 3 rings (SSSR count). The number of aromatic carboxylic acids is 1. The molecule has 0 heterocycles. The summed E-state index contributed by atoms with van der Waals surface area (Å²) in [5.41, 5.74) is 4.88. The third-order valence-corrected chi connectivity index (χ3v) is 4.17. The summed E-state index contributed by atoms with van der Waals surface area (Å²) in [5, 5.41) is 13.3. The summed E-state index contributed by atoms with van der Waals surface area (Å²) in [5.74, 6) is -0.896. The number of halogens is 1. The zero-order chi connectivity index (χ0) is 15.0. The van der Waals surface area contributed by atoms with Crippen LogP contribution in [-0.2, 0) is 12.8 Å². The average molecular weight is 302 g/mol. The van der Waals surface area contributed by atoms with Gasteiger partial charge in [-0.3, -0.25) is 0 Å². The van der Waals surface area contributed by atoms with Crippen molar-refractivity contribution in [3.05, 3.63) is 63.7 Å². The topological polar surface area (TPSA) is 49.3 Å². The van der Waals surface area contributed by atoms with E-state index in [1.807, 2.05) is 25.1 Å². The maximum absolute atomic E-state index is 11.0. The van der Waals surface area contributed by atoms with Gasteiger partial charge in [-0.1, -0.05) is 17.7 Å². The van der Waals surface area contributed by atoms with Crippen LogP contribution in [0.3, 0.4) is 0 Å². The van der Waals surface area contributed by atoms with Gasteiger partial charge in [-0.2, -0.15) is 0 Å². The van der Waals surface area contributed by atoms with Crippen molar-refractivity contribution in [2.45, 2.75) is 25.8 Å². The molecule has 2 aromatic rings. The second-order valence-corrected chi connectivity index (χ2v) is 5.93. The zero-order valence-electron chi connectivity index (χ0n) is 11.7. The van der Waals surface area contributed by atoms with E-state index in [9.17, 15) is 4.79 Å². The molecule has 4 heteroatoms. The van der Waals surface area contributed by atoms with Crippen molar-refractivity contribution < 1.29 is 9.90 Å². The van der Waals surface area contributed by atoms with E-state index in [1.165, 1.54) is 11.1 Å². The predicted octanol–water partition coefficient (Wildman–Crippen LogP) is 3.93. The van der Waals surface area contributed by atoms with Crippen LogP contribution in [0.15, 0.2) is 36.4 Å². The predicted molar refractivity (Wildman–Crippen MR) is 84.4 cm³/mol. The van der Waals surface area contributed by atoms with Crippen molar-refractivity contribution >= 4 is 23.3 Å². The monoisotopic (exact) mass is 301 g/mol. The number of nitrogens with one attached hydrogen (secondary N) is 1. The number of aryl methyl sites for hydroxylation is 1. The zero-order valence-corrected chi connectivity index (χ0v) is 12.4. The SMILES string of the molecule is Cc1cc(C(=O)O)ccc1NC1Cc2ccc(Cl)cc2C1. The molecule has 0 aromatic heterocycles. The third-order valence-electron chi connectivity index (χ3n) is 3.93. The second kappa shape index (κ2) is 5.41. The van der Waals surface area contributed by atoms with Gasteiger partial charge in [0.05, 0.1) is 5.56 Å². The number of anilines is 1. The summed E-state index contributed by atoms with van der Waals surface area (Å²) in [4.78, 5) is 11.0. The number of carboxylic acid groups (broad SMARTS) is 1. The molecule has 0 amide bonds. The van der Waals surface area contributed by atoms with Gasteiger partial charge in [0.25, 0.3) is 0 Å². The fourth-order valence-electron chi connectivity index (χ4n) is 2.87. The first-order chi connectivity index (χ1) is 10.0. The molecule has 0 aliphatic heterocycles. The highest BCUT2D eigenvalue weighted by atomic mass is 35.5. The number of hydrogen-bond donors (Lipinski definition) is 2. The van der Waals surface area contributed by atoms with Gasteiger partial charge >= 0.3 is 5.97 Å². The highest BCUT2D eigenvalue weighted by Gasteiger charge is 2.21. The van der Waals surface area contributed by atoms with Crippen LogP contribution in [0.5, 0.6) is 0 Å². The Kier molecular flexibility index (Phi) is 3.60. The van der Waals surface area contributed by atoms with E-state index in [4.69, 9.17) is 16.7 Å². The number of carbonyl (C=O) groups is 1. The molecule has 2 aromatic carbocycles. The van der Waals surface area contributed by atoms with Crippen LogP contribution in [-0.4, -0.2) is 17.1 Å². The Labute approximate surface area is 128 Å². The summed E-state index contributed by atoms with van der Waals surface area (Å²) in [6, 6.07) is 11.5. The van der Waals surface area contributed by atoms with Crippen LogP contribution in [0.4, 0.5) is 5.69 Å². The highest BCUT2D eigenvalue weighted by molar-refractivity contribution is 6.30. The van der Waals surface area contributed by atoms with Crippen molar-refractivity contribution in [3.8, 4) is 0 Å². The second-order valence-electron chi connectivity index (χ2n) is 5.50. The van der Waals surface area contributed by atoms with Crippen LogP contribution in [0, 0.1) is 6.92 Å². The molecule has 2 N–H and O–H groups in total. The quantitative estimate of drug-likeness (QED) is 0.903. The van der Waals surface area contributed by atoms with Gasteiger partial charge in [0.15, 0.2) is 0 Å². The Bertz CT molecular complexity index is 712. The van der Waals surface area contributed by atoms with Crippen LogP contribution in [0.1, 0.15) is 27.0 Å². The van der Waals surface area contributed by atoms with Gasteiger partial charge in [0, 0.05) is 16.8 Å². The fraction of sp³-hybridized carbons (Fsp3) is 0.235. The largest absolute Gasteiger partial charge is 0.478 e.